The van der Waals surface area contributed by atoms with Crippen LogP contribution in [-0.2, 0) is 0 Å². The Morgan fingerprint density at radius 1 is 1.08 bits per heavy atom. The van der Waals surface area contributed by atoms with E-state index in [0.29, 0.717) is 16.4 Å². The third kappa shape index (κ3) is 3.83. The van der Waals surface area contributed by atoms with Gasteiger partial charge in [-0.1, -0.05) is 41.4 Å². The van der Waals surface area contributed by atoms with Crippen molar-refractivity contribution < 1.29 is 4.79 Å². The van der Waals surface area contributed by atoms with E-state index >= 15 is 0 Å². The van der Waals surface area contributed by atoms with Gasteiger partial charge in [-0.05, 0) is 44.5 Å². The molecule has 0 saturated heterocycles. The van der Waals surface area contributed by atoms with Gasteiger partial charge in [0.1, 0.15) is 5.69 Å². The molecule has 2 amide bonds. The molecule has 1 heterocycles. The number of rotatable bonds is 3. The van der Waals surface area contributed by atoms with Crippen molar-refractivity contribution in [2.24, 2.45) is 0 Å². The fourth-order valence-electron chi connectivity index (χ4n) is 2.70. The first-order valence-corrected chi connectivity index (χ1v) is 8.28. The minimum atomic E-state index is -0.349. The molecule has 0 unspecified atom stereocenters. The number of carbonyl (C=O) groups is 1. The molecule has 3 N–H and O–H groups in total. The summed E-state index contributed by atoms with van der Waals surface area (Å²) in [5, 5.41) is 13.5. The third-order valence-electron chi connectivity index (χ3n) is 3.91. The number of hydrogen-bond donors (Lipinski definition) is 3. The van der Waals surface area contributed by atoms with Crippen molar-refractivity contribution in [2.45, 2.75) is 20.8 Å². The molecular weight excluding hydrogens is 336 g/mol. The van der Waals surface area contributed by atoms with Crippen LogP contribution in [0.5, 0.6) is 0 Å². The summed E-state index contributed by atoms with van der Waals surface area (Å²) in [6.45, 7) is 5.95. The highest BCUT2D eigenvalue weighted by molar-refractivity contribution is 6.30. The minimum absolute atomic E-state index is 0.349. The number of anilines is 2. The fraction of sp³-hybridized carbons (Fsp3) is 0.158. The topological polar surface area (TPSA) is 69.8 Å². The minimum Gasteiger partial charge on any atom is -0.308 e. The maximum Gasteiger partial charge on any atom is 0.323 e. The molecule has 0 aliphatic carbocycles. The number of carbonyl (C=O) groups excluding carboxylic acids is 1. The van der Waals surface area contributed by atoms with E-state index in [9.17, 15) is 4.79 Å². The third-order valence-corrected chi connectivity index (χ3v) is 4.14. The average molecular weight is 355 g/mol. The van der Waals surface area contributed by atoms with Gasteiger partial charge in [0.2, 0.25) is 0 Å². The first-order valence-electron chi connectivity index (χ1n) is 7.90. The zero-order valence-electron chi connectivity index (χ0n) is 14.3. The van der Waals surface area contributed by atoms with Gasteiger partial charge in [0.25, 0.3) is 0 Å². The first kappa shape index (κ1) is 17.0. The van der Waals surface area contributed by atoms with E-state index < -0.39 is 0 Å². The van der Waals surface area contributed by atoms with Gasteiger partial charge < -0.3 is 10.6 Å². The molecule has 6 heteroatoms. The Hall–Kier alpha value is -2.79. The molecule has 128 valence electrons. The second-order valence-electron chi connectivity index (χ2n) is 5.98. The van der Waals surface area contributed by atoms with Gasteiger partial charge in [-0.3, -0.25) is 5.10 Å². The number of nitrogens with zero attached hydrogens (tertiary/aromatic N) is 1. The van der Waals surface area contributed by atoms with Crippen molar-refractivity contribution in [3.05, 3.63) is 64.3 Å². The quantitative estimate of drug-likeness (QED) is 0.597. The molecule has 3 aromatic rings. The highest BCUT2D eigenvalue weighted by Crippen LogP contribution is 2.31. The lowest BCUT2D eigenvalue weighted by molar-refractivity contribution is 0.262. The van der Waals surface area contributed by atoms with Crippen LogP contribution in [0, 0.1) is 20.8 Å². The summed E-state index contributed by atoms with van der Waals surface area (Å²) in [4.78, 5) is 12.4. The molecule has 25 heavy (non-hydrogen) atoms. The van der Waals surface area contributed by atoms with E-state index in [0.717, 1.165) is 22.5 Å². The lowest BCUT2D eigenvalue weighted by atomic mass is 10.0. The van der Waals surface area contributed by atoms with Gasteiger partial charge in [-0.2, -0.15) is 5.10 Å². The van der Waals surface area contributed by atoms with Crippen molar-refractivity contribution in [3.63, 3.8) is 0 Å². The Bertz CT molecular complexity index is 933. The summed E-state index contributed by atoms with van der Waals surface area (Å²) < 4.78 is 0. The van der Waals surface area contributed by atoms with E-state index in [1.54, 1.807) is 24.3 Å². The van der Waals surface area contributed by atoms with Crippen molar-refractivity contribution in [1.82, 2.24) is 10.2 Å². The van der Waals surface area contributed by atoms with E-state index in [1.165, 1.54) is 5.56 Å². The summed E-state index contributed by atoms with van der Waals surface area (Å²) in [6.07, 6.45) is 0. The molecule has 0 spiro atoms. The highest BCUT2D eigenvalue weighted by Gasteiger charge is 2.16. The van der Waals surface area contributed by atoms with Gasteiger partial charge in [-0.25, -0.2) is 4.79 Å². The maximum absolute atomic E-state index is 12.4. The molecule has 0 bridgehead atoms. The predicted octanol–water partition coefficient (Wildman–Crippen LogP) is 5.30. The van der Waals surface area contributed by atoms with Crippen LogP contribution in [0.4, 0.5) is 16.2 Å². The number of H-pyrrole nitrogens is 1. The molecule has 0 radical (unpaired) electrons. The zero-order valence-corrected chi connectivity index (χ0v) is 15.0. The van der Waals surface area contributed by atoms with E-state index in [1.807, 2.05) is 32.9 Å². The number of aromatic nitrogens is 2. The van der Waals surface area contributed by atoms with E-state index in [2.05, 4.69) is 26.9 Å². The van der Waals surface area contributed by atoms with Crippen LogP contribution in [0.25, 0.3) is 11.3 Å². The molecule has 2 aromatic carbocycles. The van der Waals surface area contributed by atoms with E-state index in [4.69, 9.17) is 11.6 Å². The van der Waals surface area contributed by atoms with E-state index in [-0.39, 0.29) is 6.03 Å². The maximum atomic E-state index is 12.4. The molecule has 0 atom stereocenters. The summed E-state index contributed by atoms with van der Waals surface area (Å²) in [6, 6.07) is 12.8. The SMILES string of the molecule is Cc1ccc(-c2n[nH]c(C)c2NC(=O)Nc2cccc(Cl)c2)c(C)c1. The van der Waals surface area contributed by atoms with Crippen LogP contribution < -0.4 is 10.6 Å². The van der Waals surface area contributed by atoms with Crippen molar-refractivity contribution in [3.8, 4) is 11.3 Å². The largest absolute Gasteiger partial charge is 0.323 e. The molecule has 3 rings (SSSR count). The van der Waals surface area contributed by atoms with Crippen molar-refractivity contribution >= 4 is 29.0 Å². The summed E-state index contributed by atoms with van der Waals surface area (Å²) in [5.41, 5.74) is 6.05. The number of hydrogen-bond acceptors (Lipinski definition) is 2. The first-order chi connectivity index (χ1) is 11.9. The Labute approximate surface area is 151 Å². The lowest BCUT2D eigenvalue weighted by Crippen LogP contribution is -2.20. The average Bonchev–Trinajstić information content (AvgIpc) is 2.88. The lowest BCUT2D eigenvalue weighted by Gasteiger charge is -2.10. The van der Waals surface area contributed by atoms with Gasteiger partial charge in [0.05, 0.1) is 11.4 Å². The van der Waals surface area contributed by atoms with Crippen LogP contribution >= 0.6 is 11.6 Å². The van der Waals surface area contributed by atoms with Crippen molar-refractivity contribution in [1.29, 1.82) is 0 Å². The summed E-state index contributed by atoms with van der Waals surface area (Å²) >= 11 is 5.94. The molecular formula is C19H19ClN4O. The van der Waals surface area contributed by atoms with Gasteiger partial charge >= 0.3 is 6.03 Å². The molecule has 0 fully saturated rings. The Balaban J connectivity index is 1.85. The summed E-state index contributed by atoms with van der Waals surface area (Å²) in [7, 11) is 0. The number of nitrogens with one attached hydrogen (secondary N) is 3. The van der Waals surface area contributed by atoms with Gasteiger partial charge in [0, 0.05) is 16.3 Å². The summed E-state index contributed by atoms with van der Waals surface area (Å²) in [5.74, 6) is 0. The molecule has 5 nitrogen and oxygen atoms in total. The molecule has 0 saturated carbocycles. The van der Waals surface area contributed by atoms with Crippen LogP contribution in [0.3, 0.4) is 0 Å². The van der Waals surface area contributed by atoms with Crippen LogP contribution in [0.1, 0.15) is 16.8 Å². The predicted molar refractivity (Wildman–Crippen MR) is 102 cm³/mol. The Morgan fingerprint density at radius 2 is 1.88 bits per heavy atom. The van der Waals surface area contributed by atoms with Crippen LogP contribution in [-0.4, -0.2) is 16.2 Å². The smallest absolute Gasteiger partial charge is 0.308 e. The normalized spacial score (nSPS) is 10.6. The molecule has 0 aliphatic rings. The van der Waals surface area contributed by atoms with Crippen LogP contribution in [0.15, 0.2) is 42.5 Å². The zero-order chi connectivity index (χ0) is 18.0. The van der Waals surface area contributed by atoms with Crippen LogP contribution in [0.2, 0.25) is 5.02 Å². The standard InChI is InChI=1S/C19H19ClN4O/c1-11-7-8-16(12(2)9-11)18-17(13(3)23-24-18)22-19(25)21-15-6-4-5-14(20)10-15/h4-10H,1-3H3,(H,23,24)(H2,21,22,25). The molecule has 1 aromatic heterocycles. The number of amides is 2. The number of halogens is 1. The monoisotopic (exact) mass is 354 g/mol. The van der Waals surface area contributed by atoms with Gasteiger partial charge in [0.15, 0.2) is 0 Å². The van der Waals surface area contributed by atoms with Gasteiger partial charge in [-0.15, -0.1) is 0 Å². The fourth-order valence-corrected chi connectivity index (χ4v) is 2.89. The number of urea groups is 1. The number of benzene rings is 2. The Kier molecular flexibility index (Phi) is 4.76. The number of aryl methyl sites for hydroxylation is 3. The van der Waals surface area contributed by atoms with Crippen molar-refractivity contribution in [2.75, 3.05) is 10.6 Å². The number of aromatic amines is 1. The second-order valence-corrected chi connectivity index (χ2v) is 6.42. The molecule has 0 aliphatic heterocycles. The Morgan fingerprint density at radius 3 is 2.60 bits per heavy atom. The highest BCUT2D eigenvalue weighted by atomic mass is 35.5. The second kappa shape index (κ2) is 6.99.